The second-order valence-corrected chi connectivity index (χ2v) is 9.71. The number of hydrogen-bond acceptors (Lipinski definition) is 8. The smallest absolute Gasteiger partial charge is 0.369 e. The monoisotopic (exact) mass is 548 g/mol. The first-order valence-electron chi connectivity index (χ1n) is 11.8. The van der Waals surface area contributed by atoms with E-state index in [4.69, 9.17) is 5.73 Å². The van der Waals surface area contributed by atoms with Crippen LogP contribution in [-0.4, -0.2) is 37.0 Å². The summed E-state index contributed by atoms with van der Waals surface area (Å²) in [5.41, 5.74) is 7.09. The normalized spacial score (nSPS) is 13.5. The van der Waals surface area contributed by atoms with Crippen molar-refractivity contribution in [3.8, 4) is 33.6 Å². The van der Waals surface area contributed by atoms with E-state index in [-0.39, 0.29) is 16.7 Å². The molecule has 0 saturated carbocycles. The molecule has 1 aromatic carbocycles. The zero-order valence-electron chi connectivity index (χ0n) is 20.3. The van der Waals surface area contributed by atoms with Crippen LogP contribution >= 0.6 is 11.3 Å². The molecule has 0 fully saturated rings. The highest BCUT2D eigenvalue weighted by atomic mass is 32.1. The number of thiazole rings is 1. The third kappa shape index (κ3) is 4.40. The Labute approximate surface area is 223 Å². The van der Waals surface area contributed by atoms with Crippen LogP contribution in [0.4, 0.5) is 24.1 Å². The third-order valence-electron chi connectivity index (χ3n) is 6.41. The highest BCUT2D eigenvalue weighted by molar-refractivity contribution is 7.13. The lowest BCUT2D eigenvalue weighted by atomic mass is 9.91. The van der Waals surface area contributed by atoms with Gasteiger partial charge in [-0.3, -0.25) is 9.78 Å². The van der Waals surface area contributed by atoms with Gasteiger partial charge in [-0.15, -0.1) is 11.3 Å². The van der Waals surface area contributed by atoms with Crippen LogP contribution in [-0.2, 0) is 12.7 Å². The van der Waals surface area contributed by atoms with Gasteiger partial charge in [-0.1, -0.05) is 12.1 Å². The Morgan fingerprint density at radius 2 is 1.92 bits per heavy atom. The molecule has 39 heavy (non-hydrogen) atoms. The Morgan fingerprint density at radius 1 is 1.10 bits per heavy atom. The summed E-state index contributed by atoms with van der Waals surface area (Å²) in [7, 11) is 0. The van der Waals surface area contributed by atoms with E-state index in [1.807, 2.05) is 22.9 Å². The number of nitrogens with zero attached hydrogens (tertiary/aromatic N) is 6. The predicted octanol–water partition coefficient (Wildman–Crippen LogP) is 4.65. The Kier molecular flexibility index (Phi) is 5.87. The van der Waals surface area contributed by atoms with Crippen molar-refractivity contribution in [2.45, 2.75) is 19.6 Å². The van der Waals surface area contributed by atoms with E-state index in [9.17, 15) is 18.0 Å². The fourth-order valence-electron chi connectivity index (χ4n) is 4.72. The summed E-state index contributed by atoms with van der Waals surface area (Å²) >= 11 is 1.37. The number of fused-ring (bicyclic) bond motifs is 3. The number of benzene rings is 1. The Hall–Kier alpha value is -4.65. The van der Waals surface area contributed by atoms with Crippen LogP contribution in [0, 0.1) is 6.92 Å². The molecule has 13 heteroatoms. The van der Waals surface area contributed by atoms with Crippen LogP contribution in [0.2, 0.25) is 0 Å². The highest BCUT2D eigenvalue weighted by Crippen LogP contribution is 2.42. The van der Waals surface area contributed by atoms with Gasteiger partial charge in [0.1, 0.15) is 17.3 Å². The lowest BCUT2D eigenvalue weighted by Gasteiger charge is -2.20. The Balaban J connectivity index is 1.56. The van der Waals surface area contributed by atoms with E-state index in [1.54, 1.807) is 24.5 Å². The minimum Gasteiger partial charge on any atom is -0.369 e. The van der Waals surface area contributed by atoms with E-state index in [0.29, 0.717) is 29.6 Å². The summed E-state index contributed by atoms with van der Waals surface area (Å²) in [5.74, 6) is 0.387. The fraction of sp³-hybridized carbons (Fsp3) is 0.154. The average molecular weight is 549 g/mol. The van der Waals surface area contributed by atoms with Crippen molar-refractivity contribution in [1.82, 2.24) is 24.5 Å². The Bertz CT molecular complexity index is 1780. The van der Waals surface area contributed by atoms with Gasteiger partial charge in [0.25, 0.3) is 11.5 Å². The number of carbonyl (C=O) groups is 1. The minimum absolute atomic E-state index is 0.176. The highest BCUT2D eigenvalue weighted by Gasteiger charge is 2.36. The topological polar surface area (TPSA) is 124 Å². The fourth-order valence-corrected chi connectivity index (χ4v) is 5.22. The maximum atomic E-state index is 14.0. The second-order valence-electron chi connectivity index (χ2n) is 8.83. The second kappa shape index (κ2) is 9.27. The summed E-state index contributed by atoms with van der Waals surface area (Å²) in [5, 5.41) is 5.73. The predicted molar refractivity (Wildman–Crippen MR) is 139 cm³/mol. The van der Waals surface area contributed by atoms with Crippen molar-refractivity contribution in [2.24, 2.45) is 10.7 Å². The number of hydrogen-bond donors (Lipinski definition) is 2. The van der Waals surface area contributed by atoms with E-state index in [2.05, 4.69) is 30.2 Å². The Morgan fingerprint density at radius 3 is 2.67 bits per heavy atom. The van der Waals surface area contributed by atoms with Gasteiger partial charge in [0.05, 0.1) is 5.56 Å². The van der Waals surface area contributed by atoms with Crippen molar-refractivity contribution in [3.63, 3.8) is 0 Å². The van der Waals surface area contributed by atoms with E-state index in [1.165, 1.54) is 17.4 Å². The first-order valence-corrected chi connectivity index (χ1v) is 12.6. The molecule has 0 saturated heterocycles. The van der Waals surface area contributed by atoms with Crippen molar-refractivity contribution >= 4 is 28.2 Å². The van der Waals surface area contributed by atoms with Gasteiger partial charge in [0.2, 0.25) is 5.13 Å². The molecular formula is C26H19F3N8OS. The molecule has 6 rings (SSSR count). The molecule has 0 radical (unpaired) electrons. The maximum absolute atomic E-state index is 14.0. The van der Waals surface area contributed by atoms with Crippen molar-refractivity contribution in [1.29, 1.82) is 0 Å². The van der Waals surface area contributed by atoms with Gasteiger partial charge < -0.3 is 15.6 Å². The molecular weight excluding hydrogens is 529 g/mol. The van der Waals surface area contributed by atoms with Gasteiger partial charge in [-0.2, -0.15) is 23.1 Å². The van der Waals surface area contributed by atoms with Gasteiger partial charge >= 0.3 is 6.18 Å². The molecule has 0 atom stereocenters. The molecule has 1 amide bonds. The quantitative estimate of drug-likeness (QED) is 0.337. The molecule has 0 aliphatic carbocycles. The van der Waals surface area contributed by atoms with Crippen LogP contribution in [0.1, 0.15) is 21.6 Å². The number of aryl methyl sites for hydroxylation is 1. The zero-order valence-corrected chi connectivity index (χ0v) is 21.1. The molecule has 0 bridgehead atoms. The van der Waals surface area contributed by atoms with Gasteiger partial charge in [-0.05, 0) is 41.8 Å². The van der Waals surface area contributed by atoms with Crippen LogP contribution in [0.15, 0.2) is 59.3 Å². The summed E-state index contributed by atoms with van der Waals surface area (Å²) in [4.78, 5) is 33.5. The number of amides is 1. The van der Waals surface area contributed by atoms with Crippen LogP contribution in [0.5, 0.6) is 0 Å². The molecule has 3 aromatic rings. The molecule has 3 aliphatic heterocycles. The number of carbonyl (C=O) groups excluding carboxylic acids is 1. The number of nitrogens with two attached hydrogens (primary N) is 1. The summed E-state index contributed by atoms with van der Waals surface area (Å²) < 4.78 is 43.9. The number of aromatic nitrogens is 5. The number of rotatable bonds is 4. The minimum atomic E-state index is -4.71. The van der Waals surface area contributed by atoms with E-state index >= 15 is 0 Å². The van der Waals surface area contributed by atoms with Gasteiger partial charge in [-0.25, -0.2) is 9.97 Å². The van der Waals surface area contributed by atoms with Crippen LogP contribution in [0.3, 0.4) is 0 Å². The van der Waals surface area contributed by atoms with E-state index in [0.717, 1.165) is 34.8 Å². The molecule has 2 aromatic heterocycles. The SMILES string of the molecule is Cc1ccc(-c2c(C(F)(F)F)ccnc2C(N)=O)cc1-c1cc2cnc(=Nc3nccs3)nc-2n2c1NCC2. The number of primary amides is 1. The molecule has 0 spiro atoms. The van der Waals surface area contributed by atoms with Crippen LogP contribution in [0.25, 0.3) is 33.6 Å². The van der Waals surface area contributed by atoms with Gasteiger partial charge in [0.15, 0.2) is 0 Å². The molecule has 5 heterocycles. The number of anilines is 1. The lowest BCUT2D eigenvalue weighted by molar-refractivity contribution is -0.137. The van der Waals surface area contributed by atoms with Crippen molar-refractivity contribution < 1.29 is 18.0 Å². The molecule has 3 N–H and O–H groups in total. The third-order valence-corrected chi connectivity index (χ3v) is 7.08. The summed E-state index contributed by atoms with van der Waals surface area (Å²) in [6.45, 7) is 3.13. The largest absolute Gasteiger partial charge is 0.417 e. The lowest BCUT2D eigenvalue weighted by Crippen LogP contribution is -2.18. The molecule has 9 nitrogen and oxygen atoms in total. The number of alkyl halides is 3. The van der Waals surface area contributed by atoms with Gasteiger partial charge in [0, 0.05) is 53.8 Å². The maximum Gasteiger partial charge on any atom is 0.417 e. The van der Waals surface area contributed by atoms with E-state index < -0.39 is 23.3 Å². The standard InChI is InChI=1S/C26H19F3N8OS/c1-13-2-3-14(19-18(26(27,28)29)4-5-31-20(19)21(30)38)10-16(13)17-11-15-12-34-24(36-25-33-7-9-39-25)35-22(15)37-8-6-32-23(17)37/h2-5,7,9-12,32H,6,8H2,1H3,(H2,30,38). The van der Waals surface area contributed by atoms with Crippen LogP contribution < -0.4 is 16.7 Å². The molecule has 3 aliphatic rings. The number of halogens is 3. The first kappa shape index (κ1) is 24.7. The zero-order chi connectivity index (χ0) is 27.3. The molecule has 196 valence electrons. The van der Waals surface area contributed by atoms with Crippen molar-refractivity contribution in [3.05, 3.63) is 76.7 Å². The summed E-state index contributed by atoms with van der Waals surface area (Å²) in [6, 6.07) is 7.61. The number of pyridine rings is 2. The molecule has 0 unspecified atom stereocenters. The number of nitrogens with one attached hydrogen (secondary N) is 1. The first-order chi connectivity index (χ1) is 18.7. The average Bonchev–Trinajstić information content (AvgIpc) is 3.60. The summed E-state index contributed by atoms with van der Waals surface area (Å²) in [6.07, 6.45) is -0.461. The van der Waals surface area contributed by atoms with Crippen molar-refractivity contribution in [2.75, 3.05) is 11.9 Å².